The lowest BCUT2D eigenvalue weighted by atomic mass is 9.99. The fourth-order valence-electron chi connectivity index (χ4n) is 4.70. The van der Waals surface area contributed by atoms with Crippen molar-refractivity contribution in [3.05, 3.63) is 90.6 Å². The normalized spacial score (nSPS) is 19.8. The lowest BCUT2D eigenvalue weighted by molar-refractivity contribution is -0.123. The van der Waals surface area contributed by atoms with Crippen molar-refractivity contribution in [2.45, 2.75) is 17.0 Å². The lowest BCUT2D eigenvalue weighted by Crippen LogP contribution is -2.60. The zero-order valence-electron chi connectivity index (χ0n) is 19.7. The molecule has 0 spiro atoms. The van der Waals surface area contributed by atoms with E-state index in [1.165, 1.54) is 6.26 Å². The third-order valence-corrected chi connectivity index (χ3v) is 7.59. The number of nitrogen functional groups attached to an aromatic ring is 1. The first-order valence-electron chi connectivity index (χ1n) is 11.5. The summed E-state index contributed by atoms with van der Waals surface area (Å²) in [4.78, 5) is 17.6. The zero-order valence-corrected chi connectivity index (χ0v) is 20.5. The van der Waals surface area contributed by atoms with Gasteiger partial charge < -0.3 is 15.4 Å². The predicted molar refractivity (Wildman–Crippen MR) is 140 cm³/mol. The number of rotatable bonds is 5. The van der Waals surface area contributed by atoms with Crippen LogP contribution in [0.5, 0.6) is 0 Å². The summed E-state index contributed by atoms with van der Waals surface area (Å²) >= 11 is 0. The first-order chi connectivity index (χ1) is 17.2. The number of benzene rings is 3. The Balaban J connectivity index is 1.46. The second-order valence-corrected chi connectivity index (χ2v) is 10.8. The van der Waals surface area contributed by atoms with E-state index < -0.39 is 22.0 Å². The van der Waals surface area contributed by atoms with Crippen LogP contribution in [0.1, 0.15) is 5.56 Å². The molecule has 1 amide bonds. The van der Waals surface area contributed by atoms with Gasteiger partial charge in [0.2, 0.25) is 0 Å². The molecule has 8 nitrogen and oxygen atoms in total. The highest BCUT2D eigenvalue weighted by molar-refractivity contribution is 7.90. The van der Waals surface area contributed by atoms with Crippen molar-refractivity contribution in [2.24, 2.45) is 5.73 Å². The highest BCUT2D eigenvalue weighted by Crippen LogP contribution is 2.33. The minimum absolute atomic E-state index is 0.0318. The summed E-state index contributed by atoms with van der Waals surface area (Å²) in [7, 11) is -3.39. The van der Waals surface area contributed by atoms with Crippen LogP contribution in [0.2, 0.25) is 0 Å². The van der Waals surface area contributed by atoms with Crippen molar-refractivity contribution >= 4 is 33.0 Å². The van der Waals surface area contributed by atoms with Gasteiger partial charge in [0, 0.05) is 41.5 Å². The standard InChI is InChI=1S/C27H26N4O4S/c1-36(33,34)24-8-3-2-7-22(24)18-9-11-20(12-10-18)31-14-13-23-25(27(31)32)30(15-16-35-23)21-6-4-5-19(17-21)26(28)29/h2-14,17,23,25H,15-16H2,1H3,(H3,28,29). The van der Waals surface area contributed by atoms with Crippen molar-refractivity contribution in [2.75, 3.05) is 29.2 Å². The molecule has 2 aliphatic heterocycles. The molecule has 2 aliphatic rings. The molecule has 3 aromatic rings. The van der Waals surface area contributed by atoms with E-state index in [1.807, 2.05) is 41.3 Å². The van der Waals surface area contributed by atoms with Crippen LogP contribution in [0.4, 0.5) is 11.4 Å². The molecule has 9 heteroatoms. The Hall–Kier alpha value is -3.95. The molecule has 0 saturated carbocycles. The molecule has 0 aromatic heterocycles. The average molecular weight is 503 g/mol. The molecule has 2 atom stereocenters. The van der Waals surface area contributed by atoms with E-state index in [0.29, 0.717) is 30.0 Å². The molecule has 1 saturated heterocycles. The number of carbonyl (C=O) groups excluding carboxylic acids is 1. The van der Waals surface area contributed by atoms with Crippen LogP contribution >= 0.6 is 0 Å². The maximum Gasteiger partial charge on any atom is 0.256 e. The summed E-state index contributed by atoms with van der Waals surface area (Å²) in [6, 6.07) is 20.8. The van der Waals surface area contributed by atoms with E-state index in [-0.39, 0.29) is 16.6 Å². The minimum Gasteiger partial charge on any atom is -0.384 e. The number of carbonyl (C=O) groups is 1. The monoisotopic (exact) mass is 502 g/mol. The molecular formula is C27H26N4O4S. The van der Waals surface area contributed by atoms with Crippen LogP contribution in [-0.2, 0) is 19.4 Å². The topological polar surface area (TPSA) is 117 Å². The molecule has 36 heavy (non-hydrogen) atoms. The number of anilines is 2. The summed E-state index contributed by atoms with van der Waals surface area (Å²) < 4.78 is 30.3. The average Bonchev–Trinajstić information content (AvgIpc) is 2.88. The third-order valence-electron chi connectivity index (χ3n) is 6.44. The number of fused-ring (bicyclic) bond motifs is 1. The predicted octanol–water partition coefficient (Wildman–Crippen LogP) is 3.18. The number of nitrogens with two attached hydrogens (primary N) is 1. The quantitative estimate of drug-likeness (QED) is 0.409. The first-order valence-corrected chi connectivity index (χ1v) is 13.4. The van der Waals surface area contributed by atoms with Gasteiger partial charge in [0.15, 0.2) is 9.84 Å². The Kier molecular flexibility index (Phi) is 6.11. The van der Waals surface area contributed by atoms with Crippen molar-refractivity contribution in [3.63, 3.8) is 0 Å². The highest BCUT2D eigenvalue weighted by Gasteiger charge is 2.41. The summed E-state index contributed by atoms with van der Waals surface area (Å²) in [6.07, 6.45) is 4.39. The molecule has 2 heterocycles. The smallest absolute Gasteiger partial charge is 0.256 e. The van der Waals surface area contributed by atoms with Gasteiger partial charge in [0.25, 0.3) is 5.91 Å². The molecule has 2 unspecified atom stereocenters. The lowest BCUT2D eigenvalue weighted by Gasteiger charge is -2.44. The van der Waals surface area contributed by atoms with Gasteiger partial charge in [-0.05, 0) is 42.0 Å². The van der Waals surface area contributed by atoms with Gasteiger partial charge in [-0.3, -0.25) is 15.1 Å². The van der Waals surface area contributed by atoms with Crippen LogP contribution < -0.4 is 15.5 Å². The van der Waals surface area contributed by atoms with E-state index in [4.69, 9.17) is 15.9 Å². The number of amidine groups is 1. The third kappa shape index (κ3) is 4.38. The van der Waals surface area contributed by atoms with Gasteiger partial charge in [-0.15, -0.1) is 0 Å². The summed E-state index contributed by atoms with van der Waals surface area (Å²) in [5, 5.41) is 7.75. The highest BCUT2D eigenvalue weighted by atomic mass is 32.2. The number of nitrogens with zero attached hydrogens (tertiary/aromatic N) is 2. The van der Waals surface area contributed by atoms with Crippen molar-refractivity contribution in [1.29, 1.82) is 5.41 Å². The molecule has 1 fully saturated rings. The number of hydrogen-bond acceptors (Lipinski definition) is 6. The Morgan fingerprint density at radius 2 is 1.78 bits per heavy atom. The number of nitrogens with one attached hydrogen (secondary N) is 1. The molecule has 3 N–H and O–H groups in total. The van der Waals surface area contributed by atoms with Gasteiger partial charge in [0.1, 0.15) is 18.0 Å². The number of sulfone groups is 1. The van der Waals surface area contributed by atoms with Crippen LogP contribution in [-0.4, -0.2) is 51.7 Å². The molecule has 0 radical (unpaired) electrons. The van der Waals surface area contributed by atoms with E-state index in [1.54, 1.807) is 53.6 Å². The van der Waals surface area contributed by atoms with Gasteiger partial charge in [0.05, 0.1) is 11.5 Å². The summed E-state index contributed by atoms with van der Waals surface area (Å²) in [5.74, 6) is -0.171. The Morgan fingerprint density at radius 3 is 2.50 bits per heavy atom. The molecule has 184 valence electrons. The van der Waals surface area contributed by atoms with E-state index >= 15 is 0 Å². The van der Waals surface area contributed by atoms with Gasteiger partial charge >= 0.3 is 0 Å². The number of hydrogen-bond donors (Lipinski definition) is 2. The first kappa shape index (κ1) is 23.8. The maximum absolute atomic E-state index is 13.7. The fraction of sp³-hybridized carbons (Fsp3) is 0.185. The minimum atomic E-state index is -3.39. The Morgan fingerprint density at radius 1 is 1.03 bits per heavy atom. The molecule has 5 rings (SSSR count). The molecule has 3 aromatic carbocycles. The zero-order chi connectivity index (χ0) is 25.4. The van der Waals surface area contributed by atoms with Crippen molar-refractivity contribution in [1.82, 2.24) is 0 Å². The largest absolute Gasteiger partial charge is 0.384 e. The van der Waals surface area contributed by atoms with E-state index in [9.17, 15) is 13.2 Å². The van der Waals surface area contributed by atoms with E-state index in [2.05, 4.69) is 0 Å². The second-order valence-electron chi connectivity index (χ2n) is 8.80. The second kappa shape index (κ2) is 9.25. The summed E-state index contributed by atoms with van der Waals surface area (Å²) in [5.41, 5.74) is 9.10. The number of amides is 1. The van der Waals surface area contributed by atoms with Crippen LogP contribution in [0.3, 0.4) is 0 Å². The van der Waals surface area contributed by atoms with Gasteiger partial charge in [-0.25, -0.2) is 8.42 Å². The van der Waals surface area contributed by atoms with Crippen molar-refractivity contribution in [3.8, 4) is 11.1 Å². The van der Waals surface area contributed by atoms with Crippen LogP contribution in [0, 0.1) is 5.41 Å². The van der Waals surface area contributed by atoms with E-state index in [0.717, 1.165) is 11.3 Å². The Labute approximate surface area is 210 Å². The number of morpholine rings is 1. The summed E-state index contributed by atoms with van der Waals surface area (Å²) in [6.45, 7) is 0.995. The fourth-order valence-corrected chi connectivity index (χ4v) is 5.61. The van der Waals surface area contributed by atoms with Crippen LogP contribution in [0.25, 0.3) is 11.1 Å². The SMILES string of the molecule is CS(=O)(=O)c1ccccc1-c1ccc(N2C=CC3OCCN(c4cccc(C(=N)N)c4)C3C2=O)cc1. The maximum atomic E-state index is 13.7. The molecular weight excluding hydrogens is 476 g/mol. The molecule has 0 bridgehead atoms. The van der Waals surface area contributed by atoms with Crippen molar-refractivity contribution < 1.29 is 17.9 Å². The Bertz CT molecular complexity index is 1470. The molecule has 0 aliphatic carbocycles. The number of ether oxygens (including phenoxy) is 1. The van der Waals surface area contributed by atoms with Gasteiger partial charge in [-0.2, -0.15) is 0 Å². The van der Waals surface area contributed by atoms with Crippen LogP contribution in [0.15, 0.2) is 90.0 Å². The van der Waals surface area contributed by atoms with Gasteiger partial charge in [-0.1, -0.05) is 42.5 Å².